The van der Waals surface area contributed by atoms with Gasteiger partial charge in [-0.2, -0.15) is 0 Å². The third-order valence-electron chi connectivity index (χ3n) is 8.65. The SMILES string of the molecule is CCCCC/C=C\C/C=C\CCCCCCCC(=O)OCCCCCCCCCCCCCCCCCCCCCCO. The summed E-state index contributed by atoms with van der Waals surface area (Å²) in [6.45, 7) is 3.23. The van der Waals surface area contributed by atoms with Gasteiger partial charge in [0, 0.05) is 13.0 Å². The second kappa shape index (κ2) is 38.9. The molecule has 0 spiro atoms. The van der Waals surface area contributed by atoms with E-state index in [1.165, 1.54) is 167 Å². The van der Waals surface area contributed by atoms with Gasteiger partial charge in [-0.1, -0.05) is 179 Å². The summed E-state index contributed by atoms with van der Waals surface area (Å²) in [5, 5.41) is 8.79. The predicted octanol–water partition coefficient (Wildman–Crippen LogP) is 13.1. The van der Waals surface area contributed by atoms with Crippen molar-refractivity contribution in [3.05, 3.63) is 24.3 Å². The van der Waals surface area contributed by atoms with Crippen LogP contribution in [0.4, 0.5) is 0 Å². The molecule has 0 saturated carbocycles. The lowest BCUT2D eigenvalue weighted by molar-refractivity contribution is -0.143. The van der Waals surface area contributed by atoms with Crippen molar-refractivity contribution in [1.82, 2.24) is 0 Å². The molecule has 0 aromatic carbocycles. The summed E-state index contributed by atoms with van der Waals surface area (Å²) in [5.74, 6) is 0.00642. The highest BCUT2D eigenvalue weighted by molar-refractivity contribution is 5.69. The van der Waals surface area contributed by atoms with Crippen LogP contribution in [0, 0.1) is 0 Å². The summed E-state index contributed by atoms with van der Waals surface area (Å²) >= 11 is 0. The van der Waals surface area contributed by atoms with Crippen molar-refractivity contribution in [3.63, 3.8) is 0 Å². The standard InChI is InChI=1S/C40H76O3/c1-2-3-4-5-6-7-8-9-16-19-22-25-28-31-34-37-40(42)43-39-36-33-30-27-24-21-18-15-13-11-10-12-14-17-20-23-26-29-32-35-38-41/h6-7,9,16,41H,2-5,8,10-15,17-39H2,1H3/b7-6-,16-9-. The van der Waals surface area contributed by atoms with Crippen LogP contribution in [0.3, 0.4) is 0 Å². The fraction of sp³-hybridized carbons (Fsp3) is 0.875. The zero-order chi connectivity index (χ0) is 31.2. The molecule has 0 fully saturated rings. The quantitative estimate of drug-likeness (QED) is 0.0439. The minimum absolute atomic E-state index is 0.00642. The Bertz CT molecular complexity index is 582. The maximum atomic E-state index is 11.9. The second-order valence-corrected chi connectivity index (χ2v) is 13.0. The van der Waals surface area contributed by atoms with Crippen LogP contribution < -0.4 is 0 Å². The Morgan fingerprint density at radius 3 is 1.28 bits per heavy atom. The minimum Gasteiger partial charge on any atom is -0.466 e. The molecule has 0 bridgehead atoms. The van der Waals surface area contributed by atoms with Gasteiger partial charge in [-0.3, -0.25) is 4.79 Å². The summed E-state index contributed by atoms with van der Waals surface area (Å²) in [4.78, 5) is 11.9. The van der Waals surface area contributed by atoms with Crippen LogP contribution in [0.1, 0.15) is 212 Å². The molecule has 3 nitrogen and oxygen atoms in total. The van der Waals surface area contributed by atoms with Crippen LogP contribution >= 0.6 is 0 Å². The number of unbranched alkanes of at least 4 members (excludes halogenated alkanes) is 27. The maximum absolute atomic E-state index is 11.9. The van der Waals surface area contributed by atoms with E-state index >= 15 is 0 Å². The summed E-state index contributed by atoms with van der Waals surface area (Å²) in [7, 11) is 0. The Kier molecular flexibility index (Phi) is 37.9. The van der Waals surface area contributed by atoms with E-state index in [0.29, 0.717) is 19.6 Å². The van der Waals surface area contributed by atoms with Gasteiger partial charge in [0.2, 0.25) is 0 Å². The maximum Gasteiger partial charge on any atom is 0.305 e. The summed E-state index contributed by atoms with van der Waals surface area (Å²) < 4.78 is 5.44. The minimum atomic E-state index is 0.00642. The van der Waals surface area contributed by atoms with Gasteiger partial charge in [-0.15, -0.1) is 0 Å². The molecule has 0 rings (SSSR count). The van der Waals surface area contributed by atoms with Crippen molar-refractivity contribution in [3.8, 4) is 0 Å². The molecule has 0 amide bonds. The van der Waals surface area contributed by atoms with Gasteiger partial charge in [0.05, 0.1) is 6.61 Å². The van der Waals surface area contributed by atoms with Crippen molar-refractivity contribution < 1.29 is 14.6 Å². The number of aliphatic hydroxyl groups excluding tert-OH is 1. The molecule has 0 aromatic rings. The first-order valence-corrected chi connectivity index (χ1v) is 19.4. The average Bonchev–Trinajstić information content (AvgIpc) is 3.01. The number of carbonyl (C=O) groups is 1. The van der Waals surface area contributed by atoms with Crippen molar-refractivity contribution >= 4 is 5.97 Å². The van der Waals surface area contributed by atoms with Gasteiger partial charge in [-0.05, 0) is 51.4 Å². The van der Waals surface area contributed by atoms with E-state index in [4.69, 9.17) is 9.84 Å². The van der Waals surface area contributed by atoms with Gasteiger partial charge < -0.3 is 9.84 Å². The van der Waals surface area contributed by atoms with E-state index in [0.717, 1.165) is 32.1 Å². The van der Waals surface area contributed by atoms with Gasteiger partial charge in [0.1, 0.15) is 0 Å². The van der Waals surface area contributed by atoms with E-state index < -0.39 is 0 Å². The first-order valence-electron chi connectivity index (χ1n) is 19.4. The Hall–Kier alpha value is -1.09. The number of esters is 1. The molecule has 1 N–H and O–H groups in total. The Labute approximate surface area is 270 Å². The number of hydrogen-bond acceptors (Lipinski definition) is 3. The van der Waals surface area contributed by atoms with Gasteiger partial charge in [0.25, 0.3) is 0 Å². The Morgan fingerprint density at radius 2 is 0.837 bits per heavy atom. The van der Waals surface area contributed by atoms with Crippen LogP contribution in [0.5, 0.6) is 0 Å². The number of aliphatic hydroxyl groups is 1. The topological polar surface area (TPSA) is 46.5 Å². The van der Waals surface area contributed by atoms with Crippen LogP contribution in [0.2, 0.25) is 0 Å². The van der Waals surface area contributed by atoms with Crippen LogP contribution in [-0.4, -0.2) is 24.3 Å². The van der Waals surface area contributed by atoms with Crippen molar-refractivity contribution in [2.75, 3.05) is 13.2 Å². The van der Waals surface area contributed by atoms with E-state index in [2.05, 4.69) is 31.2 Å². The molecular formula is C40H76O3. The molecule has 43 heavy (non-hydrogen) atoms. The first-order chi connectivity index (χ1) is 21.3. The van der Waals surface area contributed by atoms with Gasteiger partial charge in [0.15, 0.2) is 0 Å². The molecule has 0 radical (unpaired) electrons. The van der Waals surface area contributed by atoms with Crippen LogP contribution in [-0.2, 0) is 9.53 Å². The predicted molar refractivity (Wildman–Crippen MR) is 190 cm³/mol. The lowest BCUT2D eigenvalue weighted by Crippen LogP contribution is -2.05. The zero-order valence-electron chi connectivity index (χ0n) is 29.1. The number of allylic oxidation sites excluding steroid dienone is 4. The van der Waals surface area contributed by atoms with Crippen molar-refractivity contribution in [2.45, 2.75) is 212 Å². The molecule has 0 unspecified atom stereocenters. The smallest absolute Gasteiger partial charge is 0.305 e. The molecule has 0 saturated heterocycles. The van der Waals surface area contributed by atoms with E-state index in [9.17, 15) is 4.79 Å². The molecule has 0 heterocycles. The number of carbonyl (C=O) groups excluding carboxylic acids is 1. The van der Waals surface area contributed by atoms with Crippen molar-refractivity contribution in [2.24, 2.45) is 0 Å². The highest BCUT2D eigenvalue weighted by atomic mass is 16.5. The lowest BCUT2D eigenvalue weighted by atomic mass is 10.0. The molecule has 0 aliphatic heterocycles. The zero-order valence-corrected chi connectivity index (χ0v) is 29.1. The number of rotatable bonds is 36. The molecule has 0 aliphatic carbocycles. The summed E-state index contributed by atoms with van der Waals surface area (Å²) in [5.41, 5.74) is 0. The fourth-order valence-corrected chi connectivity index (χ4v) is 5.73. The van der Waals surface area contributed by atoms with Gasteiger partial charge >= 0.3 is 5.97 Å². The number of ether oxygens (including phenoxy) is 1. The van der Waals surface area contributed by atoms with Crippen LogP contribution in [0.25, 0.3) is 0 Å². The first kappa shape index (κ1) is 41.9. The molecule has 0 aromatic heterocycles. The lowest BCUT2D eigenvalue weighted by Gasteiger charge is -2.06. The highest BCUT2D eigenvalue weighted by Crippen LogP contribution is 2.15. The second-order valence-electron chi connectivity index (χ2n) is 13.0. The summed E-state index contributed by atoms with van der Waals surface area (Å²) in [6, 6.07) is 0. The molecule has 254 valence electrons. The highest BCUT2D eigenvalue weighted by Gasteiger charge is 2.02. The largest absolute Gasteiger partial charge is 0.466 e. The van der Waals surface area contributed by atoms with Gasteiger partial charge in [-0.25, -0.2) is 0 Å². The average molecular weight is 605 g/mol. The Morgan fingerprint density at radius 1 is 0.465 bits per heavy atom. The number of hydrogen-bond donors (Lipinski definition) is 1. The molecular weight excluding hydrogens is 528 g/mol. The monoisotopic (exact) mass is 605 g/mol. The molecule has 0 atom stereocenters. The van der Waals surface area contributed by atoms with Crippen molar-refractivity contribution in [1.29, 1.82) is 0 Å². The Balaban J connectivity index is 3.19. The van der Waals surface area contributed by atoms with Crippen LogP contribution in [0.15, 0.2) is 24.3 Å². The van der Waals surface area contributed by atoms with E-state index in [1.807, 2.05) is 0 Å². The third-order valence-corrected chi connectivity index (χ3v) is 8.65. The van der Waals surface area contributed by atoms with E-state index in [1.54, 1.807) is 0 Å². The summed E-state index contributed by atoms with van der Waals surface area (Å²) in [6.07, 6.45) is 49.8. The molecule has 3 heteroatoms. The third kappa shape index (κ3) is 38.9. The van der Waals surface area contributed by atoms with E-state index in [-0.39, 0.29) is 5.97 Å². The normalized spacial score (nSPS) is 11.8. The molecule has 0 aliphatic rings. The fourth-order valence-electron chi connectivity index (χ4n) is 5.73.